The van der Waals surface area contributed by atoms with Crippen LogP contribution in [0.5, 0.6) is 11.5 Å². The lowest BCUT2D eigenvalue weighted by Crippen LogP contribution is -2.59. The zero-order chi connectivity index (χ0) is 15.1. The van der Waals surface area contributed by atoms with Crippen LogP contribution >= 0.6 is 0 Å². The summed E-state index contributed by atoms with van der Waals surface area (Å²) in [6.07, 6.45) is 3.56. The number of Topliss-reactive ketones (excluding diaryl/α,β-unsaturated/α-hetero) is 1. The van der Waals surface area contributed by atoms with Gasteiger partial charge in [-0.25, -0.2) is 0 Å². The van der Waals surface area contributed by atoms with Gasteiger partial charge in [0.1, 0.15) is 0 Å². The summed E-state index contributed by atoms with van der Waals surface area (Å²) in [5.41, 5.74) is 2.63. The molecule has 0 bridgehead atoms. The summed E-state index contributed by atoms with van der Waals surface area (Å²) in [4.78, 5) is 15.2. The van der Waals surface area contributed by atoms with Gasteiger partial charge < -0.3 is 14.4 Å². The minimum atomic E-state index is -0.286. The van der Waals surface area contributed by atoms with E-state index < -0.39 is 0 Å². The normalized spacial score (nSPS) is 38.5. The fourth-order valence-electron chi connectivity index (χ4n) is 5.84. The molecule has 0 amide bonds. The van der Waals surface area contributed by atoms with Crippen molar-refractivity contribution in [3.8, 4) is 11.5 Å². The summed E-state index contributed by atoms with van der Waals surface area (Å²) in [7, 11) is 3.86. The highest BCUT2D eigenvalue weighted by molar-refractivity contribution is 5.92. The molecular weight excluding hydrogens is 278 g/mol. The van der Waals surface area contributed by atoms with Crippen molar-refractivity contribution in [2.24, 2.45) is 5.41 Å². The first-order valence-electron chi connectivity index (χ1n) is 8.20. The molecule has 1 spiro atoms. The molecule has 4 nitrogen and oxygen atoms in total. The average Bonchev–Trinajstić information content (AvgIpc) is 2.97. The lowest BCUT2D eigenvalue weighted by molar-refractivity contribution is -0.123. The number of likely N-dealkylation sites (tertiary alicyclic amines) is 1. The van der Waals surface area contributed by atoms with Crippen LogP contribution in [0.25, 0.3) is 0 Å². The Bertz CT molecular complexity index is 700. The Hall–Kier alpha value is -1.55. The molecule has 1 saturated heterocycles. The molecule has 2 fully saturated rings. The van der Waals surface area contributed by atoms with Gasteiger partial charge in [-0.05, 0) is 44.5 Å². The number of carbonyl (C=O) groups excluding carboxylic acids is 1. The molecule has 1 aromatic rings. The molecule has 116 valence electrons. The first-order chi connectivity index (χ1) is 10.6. The van der Waals surface area contributed by atoms with Crippen molar-refractivity contribution in [2.45, 2.75) is 37.2 Å². The summed E-state index contributed by atoms with van der Waals surface area (Å²) in [6.45, 7) is 2.04. The van der Waals surface area contributed by atoms with Crippen LogP contribution in [0.3, 0.4) is 0 Å². The summed E-state index contributed by atoms with van der Waals surface area (Å²) < 4.78 is 11.8. The van der Waals surface area contributed by atoms with Gasteiger partial charge in [-0.3, -0.25) is 4.79 Å². The second-order valence-corrected chi connectivity index (χ2v) is 7.51. The smallest absolute Gasteiger partial charge is 0.174 e. The third-order valence-corrected chi connectivity index (χ3v) is 6.64. The number of ether oxygens (including phenoxy) is 2. The van der Waals surface area contributed by atoms with E-state index in [4.69, 9.17) is 9.47 Å². The van der Waals surface area contributed by atoms with Crippen molar-refractivity contribution < 1.29 is 14.3 Å². The van der Waals surface area contributed by atoms with E-state index in [2.05, 4.69) is 18.0 Å². The van der Waals surface area contributed by atoms with Crippen molar-refractivity contribution in [1.29, 1.82) is 0 Å². The van der Waals surface area contributed by atoms with E-state index in [1.165, 1.54) is 11.1 Å². The minimum absolute atomic E-state index is 0.0619. The molecule has 4 heteroatoms. The highest BCUT2D eigenvalue weighted by Crippen LogP contribution is 2.68. The Morgan fingerprint density at radius 1 is 1.36 bits per heavy atom. The van der Waals surface area contributed by atoms with E-state index in [1.54, 1.807) is 7.11 Å². The highest BCUT2D eigenvalue weighted by atomic mass is 16.5. The first kappa shape index (κ1) is 12.9. The summed E-state index contributed by atoms with van der Waals surface area (Å²) in [6, 6.07) is 4.18. The van der Waals surface area contributed by atoms with Crippen LogP contribution < -0.4 is 9.47 Å². The summed E-state index contributed by atoms with van der Waals surface area (Å²) >= 11 is 0. The van der Waals surface area contributed by atoms with Gasteiger partial charge in [-0.15, -0.1) is 0 Å². The van der Waals surface area contributed by atoms with Crippen LogP contribution in [0, 0.1) is 5.41 Å². The molecule has 1 saturated carbocycles. The maximum absolute atomic E-state index is 12.8. The van der Waals surface area contributed by atoms with Crippen LogP contribution in [0.1, 0.15) is 30.4 Å². The van der Waals surface area contributed by atoms with Gasteiger partial charge in [0.2, 0.25) is 0 Å². The number of rotatable bonds is 1. The Balaban J connectivity index is 1.82. The number of aryl methyl sites for hydroxylation is 1. The van der Waals surface area contributed by atoms with Crippen molar-refractivity contribution in [3.63, 3.8) is 0 Å². The van der Waals surface area contributed by atoms with Crippen molar-refractivity contribution in [3.05, 3.63) is 23.3 Å². The Kier molecular flexibility index (Phi) is 2.27. The first-order valence-corrected chi connectivity index (χ1v) is 8.20. The third kappa shape index (κ3) is 1.20. The lowest BCUT2D eigenvalue weighted by Gasteiger charge is -2.54. The van der Waals surface area contributed by atoms with E-state index in [-0.39, 0.29) is 16.9 Å². The average molecular weight is 299 g/mol. The third-order valence-electron chi connectivity index (χ3n) is 6.64. The molecule has 5 rings (SSSR count). The van der Waals surface area contributed by atoms with E-state index >= 15 is 0 Å². The van der Waals surface area contributed by atoms with E-state index in [1.807, 2.05) is 6.07 Å². The Morgan fingerprint density at radius 3 is 3.05 bits per heavy atom. The summed E-state index contributed by atoms with van der Waals surface area (Å²) in [5, 5.41) is 0. The highest BCUT2D eigenvalue weighted by Gasteiger charge is 2.72. The zero-order valence-electron chi connectivity index (χ0n) is 13.1. The number of ketones is 1. The minimum Gasteiger partial charge on any atom is -0.493 e. The molecule has 0 N–H and O–H groups in total. The molecule has 2 aliphatic carbocycles. The van der Waals surface area contributed by atoms with Crippen molar-refractivity contribution in [2.75, 3.05) is 27.2 Å². The maximum atomic E-state index is 12.8. The number of hydrogen-bond acceptors (Lipinski definition) is 4. The van der Waals surface area contributed by atoms with Gasteiger partial charge in [-0.1, -0.05) is 6.07 Å². The van der Waals surface area contributed by atoms with Gasteiger partial charge >= 0.3 is 0 Å². The molecule has 0 aromatic heterocycles. The molecule has 2 heterocycles. The van der Waals surface area contributed by atoms with Crippen LogP contribution in [0.15, 0.2) is 12.1 Å². The molecule has 0 radical (unpaired) electrons. The van der Waals surface area contributed by atoms with Crippen LogP contribution in [-0.4, -0.2) is 44.0 Å². The number of hydrogen-bond donors (Lipinski definition) is 0. The molecule has 1 aromatic carbocycles. The molecule has 4 aliphatic rings. The fourth-order valence-corrected chi connectivity index (χ4v) is 5.84. The van der Waals surface area contributed by atoms with Gasteiger partial charge in [0.05, 0.1) is 12.5 Å². The predicted molar refractivity (Wildman–Crippen MR) is 81.6 cm³/mol. The maximum Gasteiger partial charge on any atom is 0.174 e. The molecule has 22 heavy (non-hydrogen) atoms. The molecular formula is C18H21NO3. The van der Waals surface area contributed by atoms with Gasteiger partial charge in [-0.2, -0.15) is 0 Å². The SMILES string of the molecule is COc1ccc2c3c1O[C@H]1C(=O)C[C@]4(CC2)CN(C)CC[C@]314. The fraction of sp³-hybridized carbons (Fsp3) is 0.611. The standard InChI is InChI=1S/C18H21NO3/c1-19-8-7-18-14-11-3-4-13(21-2)15(14)22-16(18)12(20)9-17(18,10-19)6-5-11/h3-4,16H,5-10H2,1-2H3/t16-,17+,18-/m0/s1. The number of carbonyl (C=O) groups is 1. The quantitative estimate of drug-likeness (QED) is 0.794. The van der Waals surface area contributed by atoms with Crippen LogP contribution in [0.4, 0.5) is 0 Å². The monoisotopic (exact) mass is 299 g/mol. The number of benzene rings is 1. The van der Waals surface area contributed by atoms with Gasteiger partial charge in [0.15, 0.2) is 23.4 Å². The predicted octanol–water partition coefficient (Wildman–Crippen LogP) is 1.93. The topological polar surface area (TPSA) is 38.8 Å². The van der Waals surface area contributed by atoms with Crippen LogP contribution in [-0.2, 0) is 16.6 Å². The van der Waals surface area contributed by atoms with Gasteiger partial charge in [0.25, 0.3) is 0 Å². The number of piperidine rings is 1. The molecule has 3 atom stereocenters. The second kappa shape index (κ2) is 3.85. The van der Waals surface area contributed by atoms with E-state index in [9.17, 15) is 4.79 Å². The second-order valence-electron chi connectivity index (χ2n) is 7.51. The van der Waals surface area contributed by atoms with E-state index in [0.717, 1.165) is 43.9 Å². The summed E-state index contributed by atoms with van der Waals surface area (Å²) in [5.74, 6) is 1.93. The van der Waals surface area contributed by atoms with Crippen molar-refractivity contribution >= 4 is 5.78 Å². The zero-order valence-corrected chi connectivity index (χ0v) is 13.1. The van der Waals surface area contributed by atoms with Crippen LogP contribution in [0.2, 0.25) is 0 Å². The lowest BCUT2D eigenvalue weighted by atomic mass is 9.52. The Labute approximate surface area is 130 Å². The number of nitrogens with zero attached hydrogens (tertiary/aromatic N) is 1. The number of methoxy groups -OCH3 is 1. The van der Waals surface area contributed by atoms with E-state index in [0.29, 0.717) is 12.2 Å². The molecule has 2 aliphatic heterocycles. The van der Waals surface area contributed by atoms with Crippen molar-refractivity contribution in [1.82, 2.24) is 4.90 Å². The van der Waals surface area contributed by atoms with Gasteiger partial charge in [0, 0.05) is 23.9 Å². The largest absolute Gasteiger partial charge is 0.493 e. The Morgan fingerprint density at radius 2 is 2.23 bits per heavy atom. The molecule has 0 unspecified atom stereocenters.